The minimum absolute atomic E-state index is 0.0709. The summed E-state index contributed by atoms with van der Waals surface area (Å²) in [6.07, 6.45) is 2.04. The van der Waals surface area contributed by atoms with Crippen LogP contribution in [0.4, 0.5) is 0 Å². The highest BCUT2D eigenvalue weighted by Gasteiger charge is 2.41. The number of carbonyl (C=O) groups is 1. The molecule has 2 heterocycles. The fourth-order valence-electron chi connectivity index (χ4n) is 3.36. The molecule has 0 saturated heterocycles. The molecule has 1 aliphatic rings. The largest absolute Gasteiger partial charge is 0.506 e. The summed E-state index contributed by atoms with van der Waals surface area (Å²) in [6, 6.07) is 4.37. The maximum absolute atomic E-state index is 11.8. The van der Waals surface area contributed by atoms with E-state index in [-0.39, 0.29) is 5.75 Å². The number of halogens is 1. The number of phenols is 1. The summed E-state index contributed by atoms with van der Waals surface area (Å²) >= 11 is 6.11. The molecule has 0 bridgehead atoms. The predicted octanol–water partition coefficient (Wildman–Crippen LogP) is 4.02. The molecule has 1 unspecified atom stereocenters. The number of aromatic nitrogens is 3. The van der Waals surface area contributed by atoms with Crippen molar-refractivity contribution in [1.82, 2.24) is 15.0 Å². The van der Waals surface area contributed by atoms with Crippen molar-refractivity contribution in [2.45, 2.75) is 59.6 Å². The monoisotopic (exact) mass is 409 g/mol. The number of hydrogen-bond donors (Lipinski definition) is 2. The second-order valence-electron chi connectivity index (χ2n) is 7.25. The Balaban J connectivity index is 0.00000136. The first-order valence-corrected chi connectivity index (χ1v) is 9.89. The Morgan fingerprint density at radius 1 is 1.36 bits per heavy atom. The van der Waals surface area contributed by atoms with E-state index in [2.05, 4.69) is 10.3 Å². The van der Waals surface area contributed by atoms with Gasteiger partial charge in [0.25, 0.3) is 0 Å². The number of aromatic hydroxyl groups is 1. The van der Waals surface area contributed by atoms with Gasteiger partial charge in [-0.2, -0.15) is 0 Å². The van der Waals surface area contributed by atoms with E-state index in [0.717, 1.165) is 17.7 Å². The van der Waals surface area contributed by atoms with Gasteiger partial charge in [-0.25, -0.2) is 9.48 Å². The zero-order valence-corrected chi connectivity index (χ0v) is 17.5. The normalized spacial score (nSPS) is 17.8. The van der Waals surface area contributed by atoms with Crippen LogP contribution < -0.4 is 0 Å². The van der Waals surface area contributed by atoms with Gasteiger partial charge in [-0.05, 0) is 30.9 Å². The van der Waals surface area contributed by atoms with Gasteiger partial charge in [0.2, 0.25) is 0 Å². The highest BCUT2D eigenvalue weighted by atomic mass is 35.5. The molecule has 8 heteroatoms. The lowest BCUT2D eigenvalue weighted by molar-refractivity contribution is -0.146. The number of aryl methyl sites for hydroxylation is 2. The summed E-state index contributed by atoms with van der Waals surface area (Å²) in [5.41, 5.74) is 1.73. The third-order valence-electron chi connectivity index (χ3n) is 4.72. The average molecular weight is 410 g/mol. The van der Waals surface area contributed by atoms with Crippen molar-refractivity contribution in [3.63, 3.8) is 0 Å². The van der Waals surface area contributed by atoms with Crippen LogP contribution in [0.3, 0.4) is 0 Å². The van der Waals surface area contributed by atoms with Gasteiger partial charge in [0.1, 0.15) is 5.75 Å². The fraction of sp³-hybridized carbons (Fsp3) is 0.550. The molecule has 0 spiro atoms. The van der Waals surface area contributed by atoms with Crippen LogP contribution in [0.2, 0.25) is 5.02 Å². The summed E-state index contributed by atoms with van der Waals surface area (Å²) < 4.78 is 7.19. The number of benzene rings is 1. The van der Waals surface area contributed by atoms with Gasteiger partial charge in [-0.15, -0.1) is 5.10 Å². The van der Waals surface area contributed by atoms with E-state index in [4.69, 9.17) is 16.3 Å². The third kappa shape index (κ3) is 4.64. The molecule has 7 nitrogen and oxygen atoms in total. The molecular weight excluding hydrogens is 382 g/mol. The number of carboxylic acid groups (broad SMARTS) is 1. The average Bonchev–Trinajstić information content (AvgIpc) is 2.95. The van der Waals surface area contributed by atoms with E-state index in [1.165, 1.54) is 4.68 Å². The van der Waals surface area contributed by atoms with E-state index in [1.807, 2.05) is 33.8 Å². The number of fused-ring (bicyclic) bond motifs is 1. The van der Waals surface area contributed by atoms with Crippen molar-refractivity contribution in [1.29, 1.82) is 0 Å². The number of phenolic OH excluding ortho intramolecular Hbond substituents is 1. The molecule has 2 aromatic rings. The topological polar surface area (TPSA) is 97.5 Å². The first-order valence-electron chi connectivity index (χ1n) is 9.51. The zero-order valence-electron chi connectivity index (χ0n) is 16.8. The predicted molar refractivity (Wildman–Crippen MR) is 107 cm³/mol. The second-order valence-corrected chi connectivity index (χ2v) is 7.63. The number of ether oxygens (including phenoxy) is 1. The van der Waals surface area contributed by atoms with Crippen LogP contribution in [-0.2, 0) is 29.0 Å². The second kappa shape index (κ2) is 9.39. The van der Waals surface area contributed by atoms with E-state index in [1.54, 1.807) is 12.1 Å². The highest BCUT2D eigenvalue weighted by Crippen LogP contribution is 2.36. The van der Waals surface area contributed by atoms with Crippen molar-refractivity contribution < 1.29 is 19.7 Å². The Kier molecular flexibility index (Phi) is 7.43. The van der Waals surface area contributed by atoms with Gasteiger partial charge in [0.15, 0.2) is 6.04 Å². The molecule has 0 amide bonds. The lowest BCUT2D eigenvalue weighted by atomic mass is 9.85. The number of carboxylic acids is 1. The van der Waals surface area contributed by atoms with Crippen LogP contribution in [-0.4, -0.2) is 37.8 Å². The van der Waals surface area contributed by atoms with Crippen molar-refractivity contribution in [3.05, 3.63) is 40.2 Å². The maximum Gasteiger partial charge on any atom is 0.329 e. The molecule has 1 aromatic heterocycles. The van der Waals surface area contributed by atoms with Gasteiger partial charge >= 0.3 is 5.97 Å². The summed E-state index contributed by atoms with van der Waals surface area (Å²) in [7, 11) is 0. The van der Waals surface area contributed by atoms with Crippen molar-refractivity contribution in [2.75, 3.05) is 6.61 Å². The first kappa shape index (κ1) is 22.2. The molecule has 0 fully saturated rings. The summed E-state index contributed by atoms with van der Waals surface area (Å²) in [4.78, 5) is 11.8. The molecule has 0 radical (unpaired) electrons. The zero-order chi connectivity index (χ0) is 20.9. The molecule has 154 valence electrons. The van der Waals surface area contributed by atoms with Crippen LogP contribution in [0.15, 0.2) is 18.2 Å². The molecule has 1 aliphatic heterocycles. The van der Waals surface area contributed by atoms with Crippen LogP contribution in [0.1, 0.15) is 57.1 Å². The maximum atomic E-state index is 11.8. The molecule has 0 aliphatic carbocycles. The standard InChI is InChI=1S/C18H22ClN3O4.C2H6/c1-18(2)10-26-9-13-12(20-21-22(13)16(18)17(24)25)7-3-5-11-6-4-8-14(23)15(11)19;1-2/h4,6,8,16,23H,3,5,7,9-10H2,1-2H3,(H,24,25);1-2H3. The lowest BCUT2D eigenvalue weighted by Crippen LogP contribution is -2.36. The van der Waals surface area contributed by atoms with E-state index in [0.29, 0.717) is 36.8 Å². The number of hydrogen-bond acceptors (Lipinski definition) is 5. The Morgan fingerprint density at radius 3 is 2.75 bits per heavy atom. The van der Waals surface area contributed by atoms with Crippen molar-refractivity contribution in [2.24, 2.45) is 5.41 Å². The minimum Gasteiger partial charge on any atom is -0.506 e. The number of rotatable bonds is 5. The van der Waals surface area contributed by atoms with E-state index in [9.17, 15) is 15.0 Å². The summed E-state index contributed by atoms with van der Waals surface area (Å²) in [6.45, 7) is 8.34. The van der Waals surface area contributed by atoms with Gasteiger partial charge in [-0.3, -0.25) is 0 Å². The third-order valence-corrected chi connectivity index (χ3v) is 5.16. The quantitative estimate of drug-likeness (QED) is 0.773. The van der Waals surface area contributed by atoms with Crippen molar-refractivity contribution in [3.8, 4) is 5.75 Å². The van der Waals surface area contributed by atoms with Crippen LogP contribution in [0.25, 0.3) is 0 Å². The van der Waals surface area contributed by atoms with Crippen LogP contribution in [0.5, 0.6) is 5.75 Å². The molecular formula is C20H28ClN3O4. The van der Waals surface area contributed by atoms with Crippen LogP contribution >= 0.6 is 11.6 Å². The number of nitrogens with zero attached hydrogens (tertiary/aromatic N) is 3. The Bertz CT molecular complexity index is 820. The molecule has 3 rings (SSSR count). The summed E-state index contributed by atoms with van der Waals surface area (Å²) in [5, 5.41) is 28.0. The Labute approximate surface area is 170 Å². The fourth-order valence-corrected chi connectivity index (χ4v) is 3.58. The molecule has 28 heavy (non-hydrogen) atoms. The first-order chi connectivity index (χ1) is 13.3. The SMILES string of the molecule is CC.CC1(C)COCc2c(CCCc3cccc(O)c3Cl)nnn2C1C(=O)O. The van der Waals surface area contributed by atoms with Crippen LogP contribution in [0, 0.1) is 5.41 Å². The van der Waals surface area contributed by atoms with Gasteiger partial charge in [0, 0.05) is 5.41 Å². The van der Waals surface area contributed by atoms with E-state index < -0.39 is 17.4 Å². The Morgan fingerprint density at radius 2 is 2.07 bits per heavy atom. The number of aliphatic carboxylic acids is 1. The highest BCUT2D eigenvalue weighted by molar-refractivity contribution is 6.32. The van der Waals surface area contributed by atoms with Gasteiger partial charge in [0.05, 0.1) is 29.6 Å². The minimum atomic E-state index is -0.940. The van der Waals surface area contributed by atoms with Crippen molar-refractivity contribution >= 4 is 17.6 Å². The van der Waals surface area contributed by atoms with E-state index >= 15 is 0 Å². The molecule has 0 saturated carbocycles. The lowest BCUT2D eigenvalue weighted by Gasteiger charge is -2.28. The molecule has 1 atom stereocenters. The molecule has 2 N–H and O–H groups in total. The van der Waals surface area contributed by atoms with Gasteiger partial charge < -0.3 is 14.9 Å². The van der Waals surface area contributed by atoms with Gasteiger partial charge in [-0.1, -0.05) is 56.6 Å². The molecule has 1 aromatic carbocycles. The Hall–Kier alpha value is -2.12. The smallest absolute Gasteiger partial charge is 0.329 e. The summed E-state index contributed by atoms with van der Waals surface area (Å²) in [5.74, 6) is -0.869.